The smallest absolute Gasteiger partial charge is 0.219 e. The second-order valence-corrected chi connectivity index (χ2v) is 4.25. The van der Waals surface area contributed by atoms with Gasteiger partial charge in [-0.2, -0.15) is 0 Å². The number of nitrogens with zero attached hydrogens (tertiary/aromatic N) is 1. The highest BCUT2D eigenvalue weighted by atomic mass is 79.9. The minimum Gasteiger partial charge on any atom is -0.439 e. The molecule has 1 aromatic carbocycles. The van der Waals surface area contributed by atoms with Gasteiger partial charge in [0, 0.05) is 16.6 Å². The van der Waals surface area contributed by atoms with E-state index < -0.39 is 5.82 Å². The van der Waals surface area contributed by atoms with Crippen molar-refractivity contribution in [1.82, 2.24) is 4.98 Å². The van der Waals surface area contributed by atoms with Crippen LogP contribution in [0.25, 0.3) is 0 Å². The molecule has 0 spiro atoms. The average Bonchev–Trinajstić information content (AvgIpc) is 2.28. The van der Waals surface area contributed by atoms with Crippen molar-refractivity contribution < 1.29 is 14.2 Å². The Morgan fingerprint density at radius 1 is 1.29 bits per heavy atom. The third-order valence-electron chi connectivity index (χ3n) is 2.00. The molecule has 17 heavy (non-hydrogen) atoms. The van der Waals surface area contributed by atoms with Crippen LogP contribution >= 0.6 is 15.9 Å². The van der Waals surface area contributed by atoms with Gasteiger partial charge in [-0.05, 0) is 18.2 Å². The average molecular weight is 298 g/mol. The highest BCUT2D eigenvalue weighted by molar-refractivity contribution is 9.10. The summed E-state index contributed by atoms with van der Waals surface area (Å²) in [6, 6.07) is 9.26. The summed E-state index contributed by atoms with van der Waals surface area (Å²) in [5.41, 5.74) is 0.498. The van der Waals surface area contributed by atoms with E-state index in [0.29, 0.717) is 21.8 Å². The number of ether oxygens (including phenoxy) is 1. The summed E-state index contributed by atoms with van der Waals surface area (Å²) in [5, 5.41) is 8.93. The summed E-state index contributed by atoms with van der Waals surface area (Å²) >= 11 is 3.17. The van der Waals surface area contributed by atoms with Crippen molar-refractivity contribution >= 4 is 15.9 Å². The van der Waals surface area contributed by atoms with Gasteiger partial charge in [-0.3, -0.25) is 0 Å². The highest BCUT2D eigenvalue weighted by Gasteiger charge is 2.03. The van der Waals surface area contributed by atoms with E-state index in [1.165, 1.54) is 12.1 Å². The van der Waals surface area contributed by atoms with Crippen LogP contribution < -0.4 is 4.74 Å². The summed E-state index contributed by atoms with van der Waals surface area (Å²) in [6.07, 6.45) is 0. The van der Waals surface area contributed by atoms with E-state index in [0.717, 1.165) is 0 Å². The highest BCUT2D eigenvalue weighted by Crippen LogP contribution is 2.24. The summed E-state index contributed by atoms with van der Waals surface area (Å²) in [4.78, 5) is 4.04. The fourth-order valence-electron chi connectivity index (χ4n) is 1.31. The van der Waals surface area contributed by atoms with E-state index in [-0.39, 0.29) is 6.61 Å². The summed E-state index contributed by atoms with van der Waals surface area (Å²) in [7, 11) is 0. The molecule has 1 N–H and O–H groups in total. The quantitative estimate of drug-likeness (QED) is 0.945. The molecule has 0 aliphatic rings. The van der Waals surface area contributed by atoms with Gasteiger partial charge >= 0.3 is 0 Å². The molecule has 2 aromatic rings. The molecule has 88 valence electrons. The van der Waals surface area contributed by atoms with Gasteiger partial charge in [0.25, 0.3) is 0 Å². The number of aliphatic hydroxyl groups is 1. The van der Waals surface area contributed by atoms with Crippen molar-refractivity contribution in [2.24, 2.45) is 0 Å². The maximum Gasteiger partial charge on any atom is 0.219 e. The monoisotopic (exact) mass is 297 g/mol. The van der Waals surface area contributed by atoms with Crippen LogP contribution in [-0.4, -0.2) is 10.1 Å². The summed E-state index contributed by atoms with van der Waals surface area (Å²) in [6.45, 7) is -0.163. The molecule has 0 bridgehead atoms. The van der Waals surface area contributed by atoms with Crippen LogP contribution in [0.15, 0.2) is 40.9 Å². The van der Waals surface area contributed by atoms with Crippen LogP contribution in [0.4, 0.5) is 4.39 Å². The van der Waals surface area contributed by atoms with Crippen LogP contribution in [0.5, 0.6) is 11.6 Å². The molecule has 1 heterocycles. The standard InChI is InChI=1S/C12H9BrFNO2/c13-8-4-9(14)6-11(5-8)17-12-3-1-2-10(7-16)15-12/h1-6,16H,7H2. The molecule has 0 atom stereocenters. The lowest BCUT2D eigenvalue weighted by Gasteiger charge is -2.06. The first kappa shape index (κ1) is 12.0. The molecule has 0 unspecified atom stereocenters. The van der Waals surface area contributed by atoms with Crippen LogP contribution in [0.2, 0.25) is 0 Å². The number of pyridine rings is 1. The van der Waals surface area contributed by atoms with Crippen LogP contribution in [0.3, 0.4) is 0 Å². The molecule has 0 aliphatic heterocycles. The minimum atomic E-state index is -0.396. The predicted molar refractivity (Wildman–Crippen MR) is 64.3 cm³/mol. The van der Waals surface area contributed by atoms with Gasteiger partial charge in [0.1, 0.15) is 11.6 Å². The normalized spacial score (nSPS) is 10.3. The Morgan fingerprint density at radius 2 is 2.12 bits per heavy atom. The Bertz CT molecular complexity index is 513. The third-order valence-corrected chi connectivity index (χ3v) is 2.46. The number of hydrogen-bond acceptors (Lipinski definition) is 3. The Kier molecular flexibility index (Phi) is 3.71. The molecule has 0 saturated heterocycles. The maximum absolute atomic E-state index is 13.1. The molecule has 3 nitrogen and oxygen atoms in total. The topological polar surface area (TPSA) is 42.4 Å². The second kappa shape index (κ2) is 5.25. The van der Waals surface area contributed by atoms with E-state index in [9.17, 15) is 4.39 Å². The molecule has 0 aliphatic carbocycles. The molecule has 0 saturated carbocycles. The van der Waals surface area contributed by atoms with E-state index >= 15 is 0 Å². The Morgan fingerprint density at radius 3 is 2.82 bits per heavy atom. The number of hydrogen-bond donors (Lipinski definition) is 1. The zero-order chi connectivity index (χ0) is 12.3. The molecule has 5 heteroatoms. The number of rotatable bonds is 3. The van der Waals surface area contributed by atoms with E-state index in [4.69, 9.17) is 9.84 Å². The Balaban J connectivity index is 2.24. The molecule has 0 fully saturated rings. The van der Waals surface area contributed by atoms with Gasteiger partial charge < -0.3 is 9.84 Å². The number of benzene rings is 1. The van der Waals surface area contributed by atoms with Crippen molar-refractivity contribution in [3.63, 3.8) is 0 Å². The lowest BCUT2D eigenvalue weighted by atomic mass is 10.3. The second-order valence-electron chi connectivity index (χ2n) is 3.33. The first-order valence-corrected chi connectivity index (χ1v) is 5.67. The van der Waals surface area contributed by atoms with E-state index in [1.807, 2.05) is 0 Å². The Hall–Kier alpha value is -1.46. The molecule has 0 radical (unpaired) electrons. The first-order valence-electron chi connectivity index (χ1n) is 4.88. The number of halogens is 2. The zero-order valence-corrected chi connectivity index (χ0v) is 10.3. The lowest BCUT2D eigenvalue weighted by Crippen LogP contribution is -1.93. The zero-order valence-electron chi connectivity index (χ0n) is 8.73. The fourth-order valence-corrected chi connectivity index (χ4v) is 1.75. The van der Waals surface area contributed by atoms with Crippen molar-refractivity contribution in [1.29, 1.82) is 0 Å². The largest absolute Gasteiger partial charge is 0.439 e. The SMILES string of the molecule is OCc1cccc(Oc2cc(F)cc(Br)c2)n1. The van der Waals surface area contributed by atoms with Crippen LogP contribution in [-0.2, 0) is 6.61 Å². The predicted octanol–water partition coefficient (Wildman–Crippen LogP) is 3.27. The molecular formula is C12H9BrFNO2. The Labute approximate surface area is 106 Å². The molecule has 0 amide bonds. The number of aliphatic hydroxyl groups excluding tert-OH is 1. The first-order chi connectivity index (χ1) is 8.17. The number of aromatic nitrogens is 1. The van der Waals surface area contributed by atoms with Gasteiger partial charge in [0.15, 0.2) is 0 Å². The van der Waals surface area contributed by atoms with Gasteiger partial charge in [-0.15, -0.1) is 0 Å². The van der Waals surface area contributed by atoms with Crippen molar-refractivity contribution in [3.05, 3.63) is 52.4 Å². The van der Waals surface area contributed by atoms with Gasteiger partial charge in [-0.1, -0.05) is 22.0 Å². The fraction of sp³-hybridized carbons (Fsp3) is 0.0833. The van der Waals surface area contributed by atoms with Crippen LogP contribution in [0.1, 0.15) is 5.69 Å². The lowest BCUT2D eigenvalue weighted by molar-refractivity contribution is 0.275. The van der Waals surface area contributed by atoms with E-state index in [1.54, 1.807) is 24.3 Å². The van der Waals surface area contributed by atoms with E-state index in [2.05, 4.69) is 20.9 Å². The minimum absolute atomic E-state index is 0.163. The van der Waals surface area contributed by atoms with Crippen molar-refractivity contribution in [2.45, 2.75) is 6.61 Å². The summed E-state index contributed by atoms with van der Waals surface area (Å²) in [5.74, 6) is 0.265. The molecular weight excluding hydrogens is 289 g/mol. The van der Waals surface area contributed by atoms with Gasteiger partial charge in [0.2, 0.25) is 5.88 Å². The third kappa shape index (κ3) is 3.25. The summed E-state index contributed by atoms with van der Waals surface area (Å²) < 4.78 is 19.1. The van der Waals surface area contributed by atoms with Crippen molar-refractivity contribution in [3.8, 4) is 11.6 Å². The van der Waals surface area contributed by atoms with Crippen LogP contribution in [0, 0.1) is 5.82 Å². The van der Waals surface area contributed by atoms with Gasteiger partial charge in [0.05, 0.1) is 12.3 Å². The van der Waals surface area contributed by atoms with Gasteiger partial charge in [-0.25, -0.2) is 9.37 Å². The maximum atomic E-state index is 13.1. The molecule has 1 aromatic heterocycles. The molecule has 2 rings (SSSR count). The van der Waals surface area contributed by atoms with Crippen molar-refractivity contribution in [2.75, 3.05) is 0 Å².